The van der Waals surface area contributed by atoms with Crippen molar-refractivity contribution in [1.29, 1.82) is 0 Å². The van der Waals surface area contributed by atoms with Gasteiger partial charge in [-0.05, 0) is 25.0 Å². The van der Waals surface area contributed by atoms with Crippen LogP contribution in [-0.2, 0) is 29.5 Å². The number of rotatable bonds is 4. The Kier molecular flexibility index (Phi) is 4.45. The molecule has 0 amide bonds. The molecule has 8 heteroatoms. The molecule has 1 aliphatic rings. The lowest BCUT2D eigenvalue weighted by Crippen LogP contribution is -2.23. The molecule has 1 aromatic heterocycles. The average Bonchev–Trinajstić information content (AvgIpc) is 2.91. The number of sulfonamides is 1. The minimum atomic E-state index is -3.73. The second kappa shape index (κ2) is 6.20. The van der Waals surface area contributed by atoms with Gasteiger partial charge in [0, 0.05) is 19.2 Å². The van der Waals surface area contributed by atoms with Crippen molar-refractivity contribution in [2.75, 3.05) is 0 Å². The summed E-state index contributed by atoms with van der Waals surface area (Å²) in [5.74, 6) is 1.02. The number of benzene rings is 1. The fourth-order valence-corrected chi connectivity index (χ4v) is 4.25. The van der Waals surface area contributed by atoms with Crippen molar-refractivity contribution in [3.8, 4) is 0 Å². The number of aryl methyl sites for hydroxylation is 2. The average molecular weight is 360 g/mol. The van der Waals surface area contributed by atoms with Crippen LogP contribution in [0.15, 0.2) is 29.3 Å². The zero-order chi connectivity index (χ0) is 15.7. The van der Waals surface area contributed by atoms with E-state index < -0.39 is 10.0 Å². The molecule has 0 radical (unpaired) electrons. The minimum Gasteiger partial charge on any atom is -0.335 e. The maximum Gasteiger partial charge on any atom is 0.242 e. The van der Waals surface area contributed by atoms with Gasteiger partial charge in [0.15, 0.2) is 0 Å². The molecule has 1 aromatic carbocycles. The third kappa shape index (κ3) is 3.15. The molecule has 0 saturated heterocycles. The summed E-state index contributed by atoms with van der Waals surface area (Å²) in [6.45, 7) is 1.07. The lowest BCUT2D eigenvalue weighted by atomic mass is 10.2. The number of halogens is 2. The Morgan fingerprint density at radius 3 is 2.86 bits per heavy atom. The number of nitrogens with zero attached hydrogens (tertiary/aromatic N) is 2. The molecule has 0 spiro atoms. The molecule has 1 N–H and O–H groups in total. The summed E-state index contributed by atoms with van der Waals surface area (Å²) in [7, 11) is -3.73. The van der Waals surface area contributed by atoms with Crippen molar-refractivity contribution < 1.29 is 8.42 Å². The molecule has 0 unspecified atom stereocenters. The lowest BCUT2D eigenvalue weighted by Gasteiger charge is -2.11. The van der Waals surface area contributed by atoms with Crippen LogP contribution in [0.25, 0.3) is 0 Å². The summed E-state index contributed by atoms with van der Waals surface area (Å²) in [4.78, 5) is 4.44. The molecule has 2 aromatic rings. The van der Waals surface area contributed by atoms with E-state index in [1.807, 2.05) is 6.20 Å². The first-order chi connectivity index (χ1) is 10.5. The van der Waals surface area contributed by atoms with Crippen molar-refractivity contribution in [1.82, 2.24) is 14.3 Å². The van der Waals surface area contributed by atoms with E-state index in [1.54, 1.807) is 12.1 Å². The van der Waals surface area contributed by atoms with E-state index in [4.69, 9.17) is 23.2 Å². The van der Waals surface area contributed by atoms with Crippen LogP contribution in [0, 0.1) is 0 Å². The predicted molar refractivity (Wildman–Crippen MR) is 85.7 cm³/mol. The molecule has 5 nitrogen and oxygen atoms in total. The van der Waals surface area contributed by atoms with Gasteiger partial charge in [-0.2, -0.15) is 0 Å². The fraction of sp³-hybridized carbons (Fsp3) is 0.357. The molecule has 22 heavy (non-hydrogen) atoms. The normalized spacial score (nSPS) is 14.8. The van der Waals surface area contributed by atoms with Crippen LogP contribution in [0.2, 0.25) is 10.0 Å². The molecule has 3 rings (SSSR count). The smallest absolute Gasteiger partial charge is 0.242 e. The van der Waals surface area contributed by atoms with E-state index in [9.17, 15) is 8.42 Å². The van der Waals surface area contributed by atoms with E-state index >= 15 is 0 Å². The lowest BCUT2D eigenvalue weighted by molar-refractivity contribution is 0.522. The van der Waals surface area contributed by atoms with Crippen LogP contribution in [0.5, 0.6) is 0 Å². The highest BCUT2D eigenvalue weighted by molar-refractivity contribution is 7.89. The summed E-state index contributed by atoms with van der Waals surface area (Å²) < 4.78 is 29.3. The van der Waals surface area contributed by atoms with Crippen LogP contribution >= 0.6 is 23.2 Å². The molecule has 2 heterocycles. The maximum absolute atomic E-state index is 12.3. The van der Waals surface area contributed by atoms with E-state index in [1.165, 1.54) is 6.07 Å². The van der Waals surface area contributed by atoms with Crippen LogP contribution < -0.4 is 4.72 Å². The SMILES string of the molecule is O=S(=O)(NCc1cn2c(n1)CCCC2)c1cccc(Cl)c1Cl. The first-order valence-electron chi connectivity index (χ1n) is 6.96. The van der Waals surface area contributed by atoms with Gasteiger partial charge >= 0.3 is 0 Å². The van der Waals surface area contributed by atoms with Gasteiger partial charge in [0.25, 0.3) is 0 Å². The topological polar surface area (TPSA) is 64.0 Å². The van der Waals surface area contributed by atoms with Crippen LogP contribution in [-0.4, -0.2) is 18.0 Å². The fourth-order valence-electron chi connectivity index (χ4n) is 2.50. The number of hydrogen-bond acceptors (Lipinski definition) is 3. The summed E-state index contributed by atoms with van der Waals surface area (Å²) in [5.41, 5.74) is 0.707. The van der Waals surface area contributed by atoms with Crippen LogP contribution in [0.4, 0.5) is 0 Å². The Morgan fingerprint density at radius 2 is 2.09 bits per heavy atom. The van der Waals surface area contributed by atoms with Crippen molar-refractivity contribution in [3.05, 3.63) is 46.0 Å². The van der Waals surface area contributed by atoms with Crippen LogP contribution in [0.3, 0.4) is 0 Å². The Bertz CT molecular complexity index is 779. The zero-order valence-electron chi connectivity index (χ0n) is 11.7. The second-order valence-corrected chi connectivity index (χ2v) is 7.70. The largest absolute Gasteiger partial charge is 0.335 e. The quantitative estimate of drug-likeness (QED) is 0.912. The Hall–Kier alpha value is -1.08. The van der Waals surface area contributed by atoms with Gasteiger partial charge in [-0.1, -0.05) is 29.3 Å². The Balaban J connectivity index is 1.77. The third-order valence-electron chi connectivity index (χ3n) is 3.61. The van der Waals surface area contributed by atoms with Crippen molar-refractivity contribution in [2.45, 2.75) is 37.2 Å². The summed E-state index contributed by atoms with van der Waals surface area (Å²) >= 11 is 11.8. The molecule has 0 atom stereocenters. The predicted octanol–water partition coefficient (Wildman–Crippen LogP) is 3.00. The number of imidazole rings is 1. The van der Waals surface area contributed by atoms with Gasteiger partial charge in [-0.3, -0.25) is 0 Å². The van der Waals surface area contributed by atoms with E-state index in [2.05, 4.69) is 14.3 Å². The van der Waals surface area contributed by atoms with Gasteiger partial charge < -0.3 is 4.57 Å². The number of hydrogen-bond donors (Lipinski definition) is 1. The van der Waals surface area contributed by atoms with Gasteiger partial charge in [0.2, 0.25) is 10.0 Å². The van der Waals surface area contributed by atoms with E-state index in [0.717, 1.165) is 31.6 Å². The molecule has 0 bridgehead atoms. The highest BCUT2D eigenvalue weighted by Gasteiger charge is 2.20. The van der Waals surface area contributed by atoms with Gasteiger partial charge in [-0.15, -0.1) is 0 Å². The second-order valence-electron chi connectivity index (χ2n) is 5.18. The number of aromatic nitrogens is 2. The van der Waals surface area contributed by atoms with Crippen molar-refractivity contribution in [3.63, 3.8) is 0 Å². The van der Waals surface area contributed by atoms with Crippen LogP contribution in [0.1, 0.15) is 24.4 Å². The molecule has 0 fully saturated rings. The molecule has 1 aliphatic heterocycles. The first-order valence-corrected chi connectivity index (χ1v) is 9.20. The van der Waals surface area contributed by atoms with Gasteiger partial charge in [-0.25, -0.2) is 18.1 Å². The molecule has 0 aliphatic carbocycles. The highest BCUT2D eigenvalue weighted by Crippen LogP contribution is 2.28. The Labute approximate surface area is 139 Å². The highest BCUT2D eigenvalue weighted by atomic mass is 35.5. The minimum absolute atomic E-state index is 0.0226. The van der Waals surface area contributed by atoms with E-state index in [-0.39, 0.29) is 21.5 Å². The van der Waals surface area contributed by atoms with Crippen molar-refractivity contribution >= 4 is 33.2 Å². The first kappa shape index (κ1) is 15.8. The van der Waals surface area contributed by atoms with Gasteiger partial charge in [0.05, 0.1) is 22.3 Å². The monoisotopic (exact) mass is 359 g/mol. The molecular weight excluding hydrogens is 345 g/mol. The van der Waals surface area contributed by atoms with E-state index in [0.29, 0.717) is 5.69 Å². The third-order valence-corrected chi connectivity index (χ3v) is 5.98. The zero-order valence-corrected chi connectivity index (χ0v) is 14.0. The van der Waals surface area contributed by atoms with Gasteiger partial charge in [0.1, 0.15) is 10.7 Å². The summed E-state index contributed by atoms with van der Waals surface area (Å²) in [6.07, 6.45) is 5.09. The van der Waals surface area contributed by atoms with Crippen molar-refractivity contribution in [2.24, 2.45) is 0 Å². The molecule has 118 valence electrons. The number of fused-ring (bicyclic) bond motifs is 1. The summed E-state index contributed by atoms with van der Waals surface area (Å²) in [5, 5.41) is 0.239. The maximum atomic E-state index is 12.3. The Morgan fingerprint density at radius 1 is 1.27 bits per heavy atom. The molecule has 0 saturated carbocycles. The summed E-state index contributed by atoms with van der Waals surface area (Å²) in [6, 6.07) is 4.53. The standard InChI is InChI=1S/C14H15Cl2N3O2S/c15-11-4-3-5-12(14(11)16)22(20,21)17-8-10-9-19-7-2-1-6-13(19)18-10/h3-5,9,17H,1-2,6-8H2. The number of nitrogens with one attached hydrogen (secondary N) is 1. The molecular formula is C14H15Cl2N3O2S.